The van der Waals surface area contributed by atoms with Gasteiger partial charge in [-0.1, -0.05) is 51.4 Å². The first kappa shape index (κ1) is 20.8. The van der Waals surface area contributed by atoms with Crippen LogP contribution in [0.1, 0.15) is 49.3 Å². The minimum atomic E-state index is -0.406. The Kier molecular flexibility index (Phi) is 5.31. The average Bonchev–Trinajstić information content (AvgIpc) is 3.16. The van der Waals surface area contributed by atoms with Gasteiger partial charge in [0.25, 0.3) is 5.91 Å². The van der Waals surface area contributed by atoms with Crippen molar-refractivity contribution < 1.29 is 9.53 Å². The second-order valence-electron chi connectivity index (χ2n) is 8.75. The van der Waals surface area contributed by atoms with Gasteiger partial charge in [-0.3, -0.25) is 4.79 Å². The molecule has 0 unspecified atom stereocenters. The molecular weight excluding hydrogens is 396 g/mol. The number of nitrogens with one attached hydrogen (secondary N) is 1. The number of hydrogen-bond donors (Lipinski definition) is 1. The van der Waals surface area contributed by atoms with E-state index in [4.69, 9.17) is 16.3 Å². The highest BCUT2D eigenvalue weighted by Crippen LogP contribution is 2.48. The molecule has 1 N–H and O–H groups in total. The van der Waals surface area contributed by atoms with Crippen molar-refractivity contribution in [3.05, 3.63) is 64.3 Å². The van der Waals surface area contributed by atoms with Crippen LogP contribution in [0, 0.1) is 11.8 Å². The van der Waals surface area contributed by atoms with Crippen LogP contribution in [0.5, 0.6) is 5.75 Å². The van der Waals surface area contributed by atoms with Gasteiger partial charge in [-0.2, -0.15) is 0 Å². The monoisotopic (exact) mass is 424 g/mol. The van der Waals surface area contributed by atoms with E-state index in [0.717, 1.165) is 28.1 Å². The molecule has 0 radical (unpaired) electrons. The Morgan fingerprint density at radius 2 is 1.87 bits per heavy atom. The molecule has 1 aliphatic heterocycles. The number of nitrogens with zero attached hydrogens (tertiary/aromatic N) is 1. The predicted octanol–water partition coefficient (Wildman–Crippen LogP) is 6.04. The Morgan fingerprint density at radius 3 is 2.53 bits per heavy atom. The van der Waals surface area contributed by atoms with Gasteiger partial charge in [0.1, 0.15) is 11.4 Å². The molecule has 0 saturated carbocycles. The van der Waals surface area contributed by atoms with Crippen LogP contribution in [-0.2, 0) is 12.0 Å². The second-order valence-corrected chi connectivity index (χ2v) is 9.18. The van der Waals surface area contributed by atoms with Crippen molar-refractivity contribution >= 4 is 28.4 Å². The standard InChI is InChI=1S/C25H29ClN2O2/c1-15(2)25(16(3)4)20-10-9-18(26)13-17(20)11-12-28(25)24(29)22-14-19-21(27-22)7-6-8-23(19)30-5/h6-10,13-16,27H,11-12H2,1-5H3. The fourth-order valence-corrected chi connectivity index (χ4v) is 5.66. The molecule has 3 aromatic rings. The summed E-state index contributed by atoms with van der Waals surface area (Å²) in [6.07, 6.45) is 0.798. The minimum Gasteiger partial charge on any atom is -0.496 e. The lowest BCUT2D eigenvalue weighted by Crippen LogP contribution is -2.59. The van der Waals surface area contributed by atoms with Gasteiger partial charge in [0.05, 0.1) is 12.6 Å². The summed E-state index contributed by atoms with van der Waals surface area (Å²) in [6.45, 7) is 9.49. The number of carbonyl (C=O) groups is 1. The van der Waals surface area contributed by atoms with E-state index in [9.17, 15) is 4.79 Å². The van der Waals surface area contributed by atoms with E-state index in [1.807, 2.05) is 30.3 Å². The summed E-state index contributed by atoms with van der Waals surface area (Å²) in [5, 5.41) is 1.67. The number of aromatic amines is 1. The van der Waals surface area contributed by atoms with Crippen LogP contribution in [0.4, 0.5) is 0 Å². The van der Waals surface area contributed by atoms with Crippen LogP contribution in [0.3, 0.4) is 0 Å². The molecule has 0 bridgehead atoms. The van der Waals surface area contributed by atoms with Gasteiger partial charge in [-0.25, -0.2) is 0 Å². The van der Waals surface area contributed by atoms with E-state index in [2.05, 4.69) is 49.7 Å². The van der Waals surface area contributed by atoms with E-state index >= 15 is 0 Å². The van der Waals surface area contributed by atoms with Gasteiger partial charge in [0, 0.05) is 22.5 Å². The largest absolute Gasteiger partial charge is 0.496 e. The molecule has 0 spiro atoms. The third kappa shape index (κ3) is 3.01. The zero-order valence-electron chi connectivity index (χ0n) is 18.3. The van der Waals surface area contributed by atoms with E-state index in [-0.39, 0.29) is 17.7 Å². The maximum Gasteiger partial charge on any atom is 0.271 e. The van der Waals surface area contributed by atoms with Gasteiger partial charge in [0.2, 0.25) is 0 Å². The molecule has 1 amide bonds. The Morgan fingerprint density at radius 1 is 1.13 bits per heavy atom. The van der Waals surface area contributed by atoms with Crippen molar-refractivity contribution in [2.75, 3.05) is 13.7 Å². The van der Waals surface area contributed by atoms with E-state index in [1.165, 1.54) is 11.1 Å². The highest BCUT2D eigenvalue weighted by molar-refractivity contribution is 6.30. The lowest BCUT2D eigenvalue weighted by molar-refractivity contribution is -0.00258. The van der Waals surface area contributed by atoms with Crippen LogP contribution in [-0.4, -0.2) is 29.4 Å². The molecule has 5 heteroatoms. The van der Waals surface area contributed by atoms with E-state index in [0.29, 0.717) is 12.2 Å². The molecule has 4 rings (SSSR count). The van der Waals surface area contributed by atoms with E-state index in [1.54, 1.807) is 7.11 Å². The van der Waals surface area contributed by atoms with Gasteiger partial charge < -0.3 is 14.6 Å². The summed E-state index contributed by atoms with van der Waals surface area (Å²) in [5.41, 5.74) is 3.55. The third-order valence-electron chi connectivity index (χ3n) is 6.63. The second kappa shape index (κ2) is 7.66. The number of ether oxygens (including phenoxy) is 1. The molecule has 0 aliphatic carbocycles. The summed E-state index contributed by atoms with van der Waals surface area (Å²) in [7, 11) is 1.65. The number of fused-ring (bicyclic) bond motifs is 2. The number of methoxy groups -OCH3 is 1. The van der Waals surface area contributed by atoms with Crippen LogP contribution in [0.2, 0.25) is 5.02 Å². The smallest absolute Gasteiger partial charge is 0.271 e. The Labute approximate surface area is 183 Å². The molecular formula is C25H29ClN2O2. The Balaban J connectivity index is 1.86. The highest BCUT2D eigenvalue weighted by atomic mass is 35.5. The van der Waals surface area contributed by atoms with Crippen LogP contribution < -0.4 is 4.74 Å². The van der Waals surface area contributed by atoms with Gasteiger partial charge in [-0.05, 0) is 59.7 Å². The van der Waals surface area contributed by atoms with Crippen molar-refractivity contribution in [2.24, 2.45) is 11.8 Å². The lowest BCUT2D eigenvalue weighted by atomic mass is 9.67. The highest BCUT2D eigenvalue weighted by Gasteiger charge is 2.49. The van der Waals surface area contributed by atoms with Gasteiger partial charge >= 0.3 is 0 Å². The summed E-state index contributed by atoms with van der Waals surface area (Å²) in [5.74, 6) is 1.26. The molecule has 4 nitrogen and oxygen atoms in total. The average molecular weight is 425 g/mol. The maximum atomic E-state index is 13.9. The van der Waals surface area contributed by atoms with Crippen molar-refractivity contribution in [2.45, 2.75) is 39.7 Å². The molecule has 1 aliphatic rings. The molecule has 0 atom stereocenters. The number of H-pyrrole nitrogens is 1. The number of benzene rings is 2. The molecule has 30 heavy (non-hydrogen) atoms. The van der Waals surface area contributed by atoms with Crippen LogP contribution in [0.25, 0.3) is 10.9 Å². The zero-order chi connectivity index (χ0) is 21.6. The summed E-state index contributed by atoms with van der Waals surface area (Å²) in [6, 6.07) is 13.9. The maximum absolute atomic E-state index is 13.9. The normalized spacial score (nSPS) is 15.7. The molecule has 2 heterocycles. The SMILES string of the molecule is COc1cccc2[nH]c(C(=O)N3CCc4cc(Cl)ccc4C3(C(C)C)C(C)C)cc12. The van der Waals surface area contributed by atoms with Gasteiger partial charge in [0.15, 0.2) is 0 Å². The van der Waals surface area contributed by atoms with E-state index < -0.39 is 5.54 Å². The number of hydrogen-bond acceptors (Lipinski definition) is 2. The first-order chi connectivity index (χ1) is 14.3. The third-order valence-corrected chi connectivity index (χ3v) is 6.87. The quantitative estimate of drug-likeness (QED) is 0.555. The topological polar surface area (TPSA) is 45.3 Å². The van der Waals surface area contributed by atoms with Crippen molar-refractivity contribution in [1.29, 1.82) is 0 Å². The number of amides is 1. The zero-order valence-corrected chi connectivity index (χ0v) is 19.0. The fraction of sp³-hybridized carbons (Fsp3) is 0.400. The summed E-state index contributed by atoms with van der Waals surface area (Å²) in [4.78, 5) is 19.3. The first-order valence-corrected chi connectivity index (χ1v) is 10.9. The number of carbonyl (C=O) groups excluding carboxylic acids is 1. The van der Waals surface area contributed by atoms with Crippen molar-refractivity contribution in [3.8, 4) is 5.75 Å². The first-order valence-electron chi connectivity index (χ1n) is 10.6. The number of aromatic nitrogens is 1. The van der Waals surface area contributed by atoms with Crippen LogP contribution >= 0.6 is 11.6 Å². The molecule has 1 aromatic heterocycles. The number of halogens is 1. The number of rotatable bonds is 4. The predicted molar refractivity (Wildman–Crippen MR) is 122 cm³/mol. The summed E-state index contributed by atoms with van der Waals surface area (Å²) >= 11 is 6.30. The van der Waals surface area contributed by atoms with Crippen molar-refractivity contribution in [1.82, 2.24) is 9.88 Å². The Bertz CT molecular complexity index is 1090. The Hall–Kier alpha value is -2.46. The van der Waals surface area contributed by atoms with Crippen LogP contribution in [0.15, 0.2) is 42.5 Å². The van der Waals surface area contributed by atoms with Gasteiger partial charge in [-0.15, -0.1) is 0 Å². The molecule has 158 valence electrons. The minimum absolute atomic E-state index is 0.0243. The molecule has 2 aromatic carbocycles. The fourth-order valence-electron chi connectivity index (χ4n) is 5.47. The van der Waals surface area contributed by atoms with Crippen molar-refractivity contribution in [3.63, 3.8) is 0 Å². The molecule has 0 saturated heterocycles. The lowest BCUT2D eigenvalue weighted by Gasteiger charge is -2.53. The molecule has 0 fully saturated rings. The summed E-state index contributed by atoms with van der Waals surface area (Å²) < 4.78 is 5.48.